The lowest BCUT2D eigenvalue weighted by Gasteiger charge is -2.25. The second-order valence-corrected chi connectivity index (χ2v) is 8.56. The minimum atomic E-state index is -1.99. The molecule has 0 saturated heterocycles. The topological polar surface area (TPSA) is 56.5 Å². The lowest BCUT2D eigenvalue weighted by molar-refractivity contribution is 0.202. The highest BCUT2D eigenvalue weighted by atomic mass is 28.4. The lowest BCUT2D eigenvalue weighted by atomic mass is 10.2. The van der Waals surface area contributed by atoms with E-state index in [9.17, 15) is 0 Å². The maximum absolute atomic E-state index is 5.89. The van der Waals surface area contributed by atoms with Crippen molar-refractivity contribution in [3.05, 3.63) is 35.9 Å². The van der Waals surface area contributed by atoms with Crippen LogP contribution in [0.2, 0.25) is 12.6 Å². The van der Waals surface area contributed by atoms with Crippen molar-refractivity contribution in [1.82, 2.24) is 5.32 Å². The van der Waals surface area contributed by atoms with Gasteiger partial charge in [0, 0.05) is 20.3 Å². The quantitative estimate of drug-likeness (QED) is 0.486. The Labute approximate surface area is 123 Å². The normalized spacial score (nSPS) is 14.2. The smallest absolute Gasteiger partial charge is 0.334 e. The third-order valence-electron chi connectivity index (χ3n) is 3.34. The van der Waals surface area contributed by atoms with Crippen LogP contribution in [-0.2, 0) is 15.4 Å². The molecule has 0 spiro atoms. The largest absolute Gasteiger partial charge is 0.398 e. The van der Waals surface area contributed by atoms with Crippen LogP contribution in [-0.4, -0.2) is 35.4 Å². The Kier molecular flexibility index (Phi) is 8.72. The van der Waals surface area contributed by atoms with Gasteiger partial charge in [-0.1, -0.05) is 30.3 Å². The maximum Gasteiger partial charge on any atom is 0.334 e. The van der Waals surface area contributed by atoms with Crippen LogP contribution < -0.4 is 11.1 Å². The molecular formula is C15H28N2O2Si. The Morgan fingerprint density at radius 2 is 1.95 bits per heavy atom. The Balaban J connectivity index is 2.14. The Hall–Kier alpha value is -0.723. The van der Waals surface area contributed by atoms with E-state index < -0.39 is 8.56 Å². The predicted octanol–water partition coefficient (Wildman–Crippen LogP) is 2.25. The molecular weight excluding hydrogens is 268 g/mol. The minimum absolute atomic E-state index is 0.673. The summed E-state index contributed by atoms with van der Waals surface area (Å²) in [5.41, 5.74) is 6.80. The average molecular weight is 296 g/mol. The summed E-state index contributed by atoms with van der Waals surface area (Å²) in [5.74, 6) is 0. The molecule has 0 aromatic heterocycles. The summed E-state index contributed by atoms with van der Waals surface area (Å²) in [6.07, 6.45) is 1.98. The van der Waals surface area contributed by atoms with Crippen LogP contribution in [0.4, 0.5) is 0 Å². The van der Waals surface area contributed by atoms with E-state index in [2.05, 4.69) is 36.1 Å². The Bertz CT molecular complexity index is 351. The van der Waals surface area contributed by atoms with Crippen molar-refractivity contribution in [2.45, 2.75) is 32.0 Å². The van der Waals surface area contributed by atoms with Crippen molar-refractivity contribution < 1.29 is 8.85 Å². The molecule has 1 unspecified atom stereocenters. The molecule has 20 heavy (non-hydrogen) atoms. The van der Waals surface area contributed by atoms with Crippen molar-refractivity contribution in [2.75, 3.05) is 26.8 Å². The molecule has 1 rings (SSSR count). The average Bonchev–Trinajstić information content (AvgIpc) is 2.48. The fourth-order valence-corrected chi connectivity index (χ4v) is 3.83. The van der Waals surface area contributed by atoms with Gasteiger partial charge in [-0.2, -0.15) is 0 Å². The lowest BCUT2D eigenvalue weighted by Crippen LogP contribution is -2.38. The minimum Gasteiger partial charge on any atom is -0.398 e. The van der Waals surface area contributed by atoms with E-state index in [1.165, 1.54) is 5.56 Å². The van der Waals surface area contributed by atoms with Crippen LogP contribution in [0.25, 0.3) is 0 Å². The highest BCUT2D eigenvalue weighted by Gasteiger charge is 2.29. The van der Waals surface area contributed by atoms with Gasteiger partial charge in [-0.3, -0.25) is 0 Å². The summed E-state index contributed by atoms with van der Waals surface area (Å²) in [4.78, 5) is 0. The van der Waals surface area contributed by atoms with Crippen LogP contribution in [0.1, 0.15) is 18.4 Å². The second-order valence-electron chi connectivity index (χ2n) is 5.09. The summed E-state index contributed by atoms with van der Waals surface area (Å²) in [6.45, 7) is 5.42. The highest BCUT2D eigenvalue weighted by molar-refractivity contribution is 6.65. The number of hydrogen-bond acceptors (Lipinski definition) is 4. The molecule has 4 nitrogen and oxygen atoms in total. The molecule has 0 aliphatic carbocycles. The van der Waals surface area contributed by atoms with Crippen LogP contribution in [0, 0.1) is 0 Å². The zero-order chi connectivity index (χ0) is 14.7. The molecule has 3 N–H and O–H groups in total. The number of nitrogens with two attached hydrogens (primary N) is 1. The Morgan fingerprint density at radius 3 is 2.60 bits per heavy atom. The van der Waals surface area contributed by atoms with Crippen molar-refractivity contribution in [2.24, 2.45) is 5.73 Å². The molecule has 0 heterocycles. The van der Waals surface area contributed by atoms with E-state index >= 15 is 0 Å². The van der Waals surface area contributed by atoms with E-state index in [4.69, 9.17) is 14.6 Å². The van der Waals surface area contributed by atoms with Crippen molar-refractivity contribution in [1.29, 1.82) is 0 Å². The first-order valence-electron chi connectivity index (χ1n) is 7.34. The van der Waals surface area contributed by atoms with Gasteiger partial charge in [-0.25, -0.2) is 0 Å². The van der Waals surface area contributed by atoms with Gasteiger partial charge in [0.05, 0.1) is 0 Å². The standard InChI is InChI=1S/C15H28N2O2Si/c1-18-20(2,19-12-6-10-16)13-7-11-17-14-15-8-4-3-5-9-15/h3-5,8-9,17H,6-7,10-14,16H2,1-2H3. The van der Waals surface area contributed by atoms with Gasteiger partial charge in [0.25, 0.3) is 0 Å². The summed E-state index contributed by atoms with van der Waals surface area (Å²) >= 11 is 0. The van der Waals surface area contributed by atoms with Crippen LogP contribution >= 0.6 is 0 Å². The molecule has 0 bridgehead atoms. The van der Waals surface area contributed by atoms with Gasteiger partial charge < -0.3 is 19.9 Å². The van der Waals surface area contributed by atoms with Gasteiger partial charge in [0.2, 0.25) is 0 Å². The molecule has 114 valence electrons. The van der Waals surface area contributed by atoms with E-state index in [1.54, 1.807) is 7.11 Å². The number of rotatable bonds is 11. The summed E-state index contributed by atoms with van der Waals surface area (Å²) in [7, 11) is -0.229. The molecule has 1 atom stereocenters. The zero-order valence-electron chi connectivity index (χ0n) is 12.7. The summed E-state index contributed by atoms with van der Waals surface area (Å²) in [6, 6.07) is 11.5. The SMILES string of the molecule is CO[Si](C)(CCCNCc1ccccc1)OCCCN. The monoisotopic (exact) mass is 296 g/mol. The van der Waals surface area contributed by atoms with E-state index in [1.807, 2.05) is 6.07 Å². The third kappa shape index (κ3) is 7.16. The Morgan fingerprint density at radius 1 is 1.20 bits per heavy atom. The molecule has 0 radical (unpaired) electrons. The second kappa shape index (κ2) is 10.1. The van der Waals surface area contributed by atoms with Crippen LogP contribution in [0.5, 0.6) is 0 Å². The highest BCUT2D eigenvalue weighted by Crippen LogP contribution is 2.14. The van der Waals surface area contributed by atoms with Crippen molar-refractivity contribution in [3.8, 4) is 0 Å². The predicted molar refractivity (Wildman–Crippen MR) is 85.8 cm³/mol. The van der Waals surface area contributed by atoms with Crippen LogP contribution in [0.15, 0.2) is 30.3 Å². The van der Waals surface area contributed by atoms with E-state index in [0.29, 0.717) is 13.2 Å². The van der Waals surface area contributed by atoms with E-state index in [0.717, 1.165) is 32.0 Å². The first-order chi connectivity index (χ1) is 9.70. The molecule has 1 aromatic rings. The van der Waals surface area contributed by atoms with E-state index in [-0.39, 0.29) is 0 Å². The molecule has 0 amide bonds. The summed E-state index contributed by atoms with van der Waals surface area (Å²) in [5, 5.41) is 3.46. The first kappa shape index (κ1) is 17.3. The zero-order valence-corrected chi connectivity index (χ0v) is 13.7. The molecule has 1 aromatic carbocycles. The number of benzene rings is 1. The summed E-state index contributed by atoms with van der Waals surface area (Å²) < 4.78 is 11.5. The first-order valence-corrected chi connectivity index (χ1v) is 9.86. The maximum atomic E-state index is 5.89. The molecule has 0 saturated carbocycles. The van der Waals surface area contributed by atoms with Gasteiger partial charge >= 0.3 is 8.56 Å². The fourth-order valence-electron chi connectivity index (χ4n) is 1.97. The van der Waals surface area contributed by atoms with Gasteiger partial charge in [-0.15, -0.1) is 0 Å². The van der Waals surface area contributed by atoms with Crippen LogP contribution in [0.3, 0.4) is 0 Å². The van der Waals surface area contributed by atoms with Crippen molar-refractivity contribution in [3.63, 3.8) is 0 Å². The van der Waals surface area contributed by atoms with Gasteiger partial charge in [0.15, 0.2) is 0 Å². The van der Waals surface area contributed by atoms with Gasteiger partial charge in [-0.05, 0) is 44.1 Å². The number of nitrogens with one attached hydrogen (secondary N) is 1. The molecule has 0 aliphatic heterocycles. The van der Waals surface area contributed by atoms with Crippen molar-refractivity contribution >= 4 is 8.56 Å². The molecule has 0 fully saturated rings. The molecule has 5 heteroatoms. The number of hydrogen-bond donors (Lipinski definition) is 2. The molecule has 0 aliphatic rings. The third-order valence-corrected chi connectivity index (χ3v) is 6.28. The fraction of sp³-hybridized carbons (Fsp3) is 0.600. The van der Waals surface area contributed by atoms with Gasteiger partial charge in [0.1, 0.15) is 0 Å².